The summed E-state index contributed by atoms with van der Waals surface area (Å²) in [6, 6.07) is 5.56. The van der Waals surface area contributed by atoms with Gasteiger partial charge in [-0.05, 0) is 12.1 Å². The van der Waals surface area contributed by atoms with Gasteiger partial charge in [-0.1, -0.05) is 23.7 Å². The molecule has 0 atom stereocenters. The van der Waals surface area contributed by atoms with E-state index in [1.807, 2.05) is 0 Å². The lowest BCUT2D eigenvalue weighted by Crippen LogP contribution is -2.19. The van der Waals surface area contributed by atoms with Crippen molar-refractivity contribution in [3.63, 3.8) is 0 Å². The summed E-state index contributed by atoms with van der Waals surface area (Å²) in [5, 5.41) is -0.0336. The standard InChI is InChI=1S/C7H6ClNO4S/c8-5-3-1-2-4-6(5)14(11,12)13-7(9)10/h1-4H,(H2,9,10). The molecule has 0 radical (unpaired) electrons. The Morgan fingerprint density at radius 1 is 1.36 bits per heavy atom. The molecule has 1 aromatic rings. The van der Waals surface area contributed by atoms with Crippen LogP contribution in [-0.2, 0) is 14.3 Å². The van der Waals surface area contributed by atoms with E-state index in [0.29, 0.717) is 0 Å². The number of carbonyl (C=O) groups excluding carboxylic acids is 1. The molecule has 0 aliphatic heterocycles. The average molecular weight is 236 g/mol. The molecule has 14 heavy (non-hydrogen) atoms. The largest absolute Gasteiger partial charge is 0.420 e. The molecule has 1 aromatic carbocycles. The van der Waals surface area contributed by atoms with E-state index in [9.17, 15) is 13.2 Å². The molecule has 0 aliphatic carbocycles. The van der Waals surface area contributed by atoms with E-state index in [-0.39, 0.29) is 9.92 Å². The minimum atomic E-state index is -4.20. The first-order valence-corrected chi connectivity index (χ1v) is 5.20. The second kappa shape index (κ2) is 3.85. The number of carbonyl (C=O) groups is 1. The van der Waals surface area contributed by atoms with Crippen LogP contribution in [0.1, 0.15) is 0 Å². The minimum absolute atomic E-state index is 0.0336. The van der Waals surface area contributed by atoms with Gasteiger partial charge in [0.05, 0.1) is 5.02 Å². The summed E-state index contributed by atoms with van der Waals surface area (Å²) >= 11 is 5.58. The maximum absolute atomic E-state index is 11.3. The van der Waals surface area contributed by atoms with E-state index in [4.69, 9.17) is 11.6 Å². The summed E-state index contributed by atoms with van der Waals surface area (Å²) in [5.41, 5.74) is 4.58. The highest BCUT2D eigenvalue weighted by atomic mass is 35.5. The van der Waals surface area contributed by atoms with Gasteiger partial charge in [0.2, 0.25) is 0 Å². The first-order valence-electron chi connectivity index (χ1n) is 3.42. The fourth-order valence-electron chi connectivity index (χ4n) is 0.800. The van der Waals surface area contributed by atoms with Crippen molar-refractivity contribution in [3.05, 3.63) is 29.3 Å². The Bertz CT molecular complexity index is 457. The number of benzene rings is 1. The number of primary amides is 1. The second-order valence-electron chi connectivity index (χ2n) is 2.29. The Hall–Kier alpha value is -1.27. The molecule has 0 saturated carbocycles. The summed E-state index contributed by atoms with van der Waals surface area (Å²) in [7, 11) is -4.20. The molecule has 0 spiro atoms. The highest BCUT2D eigenvalue weighted by Gasteiger charge is 2.20. The quantitative estimate of drug-likeness (QED) is 0.779. The Labute approximate surface area is 85.5 Å². The van der Waals surface area contributed by atoms with Crippen molar-refractivity contribution >= 4 is 27.8 Å². The molecule has 5 nitrogen and oxygen atoms in total. The number of hydrogen-bond donors (Lipinski definition) is 1. The minimum Gasteiger partial charge on any atom is -0.334 e. The van der Waals surface area contributed by atoms with Crippen molar-refractivity contribution in [2.75, 3.05) is 0 Å². The molecule has 1 amide bonds. The Morgan fingerprint density at radius 2 is 1.93 bits per heavy atom. The van der Waals surface area contributed by atoms with E-state index in [2.05, 4.69) is 9.92 Å². The first kappa shape index (κ1) is 10.8. The monoisotopic (exact) mass is 235 g/mol. The molecule has 1 rings (SSSR count). The highest BCUT2D eigenvalue weighted by Crippen LogP contribution is 2.21. The van der Waals surface area contributed by atoms with Crippen LogP contribution >= 0.6 is 11.6 Å². The number of hydrogen-bond acceptors (Lipinski definition) is 4. The normalized spacial score (nSPS) is 10.9. The molecular formula is C7H6ClNO4S. The zero-order valence-corrected chi connectivity index (χ0v) is 8.38. The fourth-order valence-corrected chi connectivity index (χ4v) is 2.08. The summed E-state index contributed by atoms with van der Waals surface area (Å²) in [6.45, 7) is 0. The molecule has 0 saturated heterocycles. The van der Waals surface area contributed by atoms with Crippen molar-refractivity contribution in [2.24, 2.45) is 5.73 Å². The lowest BCUT2D eigenvalue weighted by atomic mass is 10.4. The maximum atomic E-state index is 11.3. The molecule has 0 unspecified atom stereocenters. The molecular weight excluding hydrogens is 230 g/mol. The predicted molar refractivity (Wildman–Crippen MR) is 49.3 cm³/mol. The lowest BCUT2D eigenvalue weighted by molar-refractivity contribution is 0.213. The maximum Gasteiger partial charge on any atom is 0.420 e. The third-order valence-electron chi connectivity index (χ3n) is 1.30. The van der Waals surface area contributed by atoms with Crippen LogP contribution in [0.5, 0.6) is 0 Å². The van der Waals surface area contributed by atoms with Gasteiger partial charge in [-0.2, -0.15) is 8.42 Å². The van der Waals surface area contributed by atoms with Crippen LogP contribution in [0.15, 0.2) is 29.2 Å². The molecule has 0 aromatic heterocycles. The Balaban J connectivity index is 3.17. The second-order valence-corrected chi connectivity index (χ2v) is 4.21. The molecule has 7 heteroatoms. The van der Waals surface area contributed by atoms with Crippen molar-refractivity contribution in [2.45, 2.75) is 4.90 Å². The van der Waals surface area contributed by atoms with Gasteiger partial charge in [-0.3, -0.25) is 0 Å². The predicted octanol–water partition coefficient (Wildman–Crippen LogP) is 1.12. The number of nitrogens with two attached hydrogens (primary N) is 1. The molecule has 0 bridgehead atoms. The van der Waals surface area contributed by atoms with Crippen LogP contribution in [0.25, 0.3) is 0 Å². The van der Waals surface area contributed by atoms with Crippen LogP contribution in [0.4, 0.5) is 4.79 Å². The summed E-state index contributed by atoms with van der Waals surface area (Å²) in [4.78, 5) is 9.99. The van der Waals surface area contributed by atoms with Gasteiger partial charge in [0.1, 0.15) is 4.90 Å². The topological polar surface area (TPSA) is 86.5 Å². The zero-order valence-electron chi connectivity index (χ0n) is 6.81. The van der Waals surface area contributed by atoms with Crippen LogP contribution in [0.2, 0.25) is 5.02 Å². The van der Waals surface area contributed by atoms with Gasteiger partial charge in [0, 0.05) is 0 Å². The van der Waals surface area contributed by atoms with Crippen molar-refractivity contribution < 1.29 is 17.4 Å². The average Bonchev–Trinajstić information content (AvgIpc) is 2.02. The third kappa shape index (κ3) is 2.36. The smallest absolute Gasteiger partial charge is 0.334 e. The Kier molecular flexibility index (Phi) is 2.97. The van der Waals surface area contributed by atoms with Crippen LogP contribution in [0, 0.1) is 0 Å². The fraction of sp³-hybridized carbons (Fsp3) is 0. The van der Waals surface area contributed by atoms with Gasteiger partial charge in [-0.15, -0.1) is 0 Å². The summed E-state index contributed by atoms with van der Waals surface area (Å²) < 4.78 is 26.4. The van der Waals surface area contributed by atoms with E-state index in [1.54, 1.807) is 6.07 Å². The van der Waals surface area contributed by atoms with Gasteiger partial charge in [0.25, 0.3) is 0 Å². The molecule has 76 valence electrons. The van der Waals surface area contributed by atoms with Gasteiger partial charge < -0.3 is 9.92 Å². The molecule has 0 aliphatic rings. The molecule has 2 N–H and O–H groups in total. The van der Waals surface area contributed by atoms with Gasteiger partial charge >= 0.3 is 16.2 Å². The van der Waals surface area contributed by atoms with Crippen molar-refractivity contribution in [1.82, 2.24) is 0 Å². The number of amides is 1. The zero-order chi connectivity index (χ0) is 10.8. The number of halogens is 1. The van der Waals surface area contributed by atoms with Gasteiger partial charge in [0.15, 0.2) is 0 Å². The van der Waals surface area contributed by atoms with Crippen LogP contribution in [0.3, 0.4) is 0 Å². The number of rotatable bonds is 2. The Morgan fingerprint density at radius 3 is 2.43 bits per heavy atom. The lowest BCUT2D eigenvalue weighted by Gasteiger charge is -2.03. The third-order valence-corrected chi connectivity index (χ3v) is 3.02. The molecule has 0 fully saturated rings. The van der Waals surface area contributed by atoms with Gasteiger partial charge in [-0.25, -0.2) is 4.79 Å². The van der Waals surface area contributed by atoms with Crippen LogP contribution < -0.4 is 5.73 Å². The van der Waals surface area contributed by atoms with E-state index < -0.39 is 16.2 Å². The van der Waals surface area contributed by atoms with Crippen molar-refractivity contribution in [3.8, 4) is 0 Å². The van der Waals surface area contributed by atoms with E-state index in [1.165, 1.54) is 18.2 Å². The first-order chi connectivity index (χ1) is 6.43. The van der Waals surface area contributed by atoms with Crippen molar-refractivity contribution in [1.29, 1.82) is 0 Å². The van der Waals surface area contributed by atoms with E-state index in [0.717, 1.165) is 0 Å². The summed E-state index contributed by atoms with van der Waals surface area (Å²) in [6.07, 6.45) is -1.40. The van der Waals surface area contributed by atoms with Crippen LogP contribution in [-0.4, -0.2) is 14.5 Å². The SMILES string of the molecule is NC(=O)OS(=O)(=O)c1ccccc1Cl. The summed E-state index contributed by atoms with van der Waals surface area (Å²) in [5.74, 6) is 0. The van der Waals surface area contributed by atoms with E-state index >= 15 is 0 Å². The highest BCUT2D eigenvalue weighted by molar-refractivity contribution is 7.87. The molecule has 0 heterocycles.